The van der Waals surface area contributed by atoms with Crippen LogP contribution < -0.4 is 0 Å². The Labute approximate surface area is 118 Å². The maximum absolute atomic E-state index is 11.7. The number of amides is 1. The Kier molecular flexibility index (Phi) is 6.63. The van der Waals surface area contributed by atoms with Crippen molar-refractivity contribution in [1.82, 2.24) is 9.80 Å². The molecule has 0 aromatic heterocycles. The minimum absolute atomic E-state index is 0.158. The van der Waals surface area contributed by atoms with Crippen LogP contribution >= 0.6 is 0 Å². The summed E-state index contributed by atoms with van der Waals surface area (Å²) in [6.07, 6.45) is 4.79. The zero-order valence-corrected chi connectivity index (χ0v) is 13.1. The summed E-state index contributed by atoms with van der Waals surface area (Å²) in [5.41, 5.74) is 0.288. The van der Waals surface area contributed by atoms with Gasteiger partial charge in [-0.15, -0.1) is 0 Å². The van der Waals surface area contributed by atoms with Crippen LogP contribution in [0.4, 0.5) is 4.79 Å². The van der Waals surface area contributed by atoms with Crippen molar-refractivity contribution in [2.45, 2.75) is 58.9 Å². The van der Waals surface area contributed by atoms with Crippen molar-refractivity contribution < 1.29 is 9.53 Å². The van der Waals surface area contributed by atoms with Crippen LogP contribution in [0.1, 0.15) is 53.4 Å². The van der Waals surface area contributed by atoms with Gasteiger partial charge in [0.15, 0.2) is 0 Å². The van der Waals surface area contributed by atoms with Crippen molar-refractivity contribution >= 4 is 6.09 Å². The van der Waals surface area contributed by atoms with Crippen LogP contribution in [-0.4, -0.2) is 54.2 Å². The number of carbonyl (C=O) groups excluding carboxylic acids is 1. The number of unbranched alkanes of at least 4 members (excludes halogenated alkanes) is 1. The number of piperazine rings is 1. The molecule has 1 saturated heterocycles. The maximum atomic E-state index is 11.7. The van der Waals surface area contributed by atoms with Crippen molar-refractivity contribution in [3.8, 4) is 0 Å². The maximum Gasteiger partial charge on any atom is 0.409 e. The van der Waals surface area contributed by atoms with E-state index < -0.39 is 0 Å². The Balaban J connectivity index is 2.49. The lowest BCUT2D eigenvalue weighted by Gasteiger charge is -2.45. The molecule has 0 bridgehead atoms. The average Bonchev–Trinajstić information content (AvgIpc) is 2.45. The lowest BCUT2D eigenvalue weighted by Crippen LogP contribution is -2.56. The summed E-state index contributed by atoms with van der Waals surface area (Å²) in [6.45, 7) is 12.7. The molecule has 0 radical (unpaired) electrons. The Bertz CT molecular complexity index is 275. The molecular weight excluding hydrogens is 240 g/mol. The summed E-state index contributed by atoms with van der Waals surface area (Å²) >= 11 is 0. The van der Waals surface area contributed by atoms with E-state index in [0.717, 1.165) is 26.2 Å². The molecule has 1 aliphatic rings. The van der Waals surface area contributed by atoms with E-state index in [1.54, 1.807) is 0 Å². The van der Waals surface area contributed by atoms with Crippen LogP contribution in [0.3, 0.4) is 0 Å². The Hall–Kier alpha value is -0.770. The van der Waals surface area contributed by atoms with Crippen LogP contribution in [0.25, 0.3) is 0 Å². The predicted molar refractivity (Wildman–Crippen MR) is 78.4 cm³/mol. The summed E-state index contributed by atoms with van der Waals surface area (Å²) in [6, 6.07) is 0. The third-order valence-corrected chi connectivity index (χ3v) is 4.40. The number of carbonyl (C=O) groups is 1. The first-order valence-electron chi connectivity index (χ1n) is 7.74. The normalized spacial score (nSPS) is 20.1. The van der Waals surface area contributed by atoms with Crippen LogP contribution in [-0.2, 0) is 4.74 Å². The number of ether oxygens (including phenoxy) is 1. The van der Waals surface area contributed by atoms with Crippen LogP contribution in [0.15, 0.2) is 0 Å². The molecule has 0 saturated carbocycles. The number of rotatable bonds is 6. The zero-order valence-electron chi connectivity index (χ0n) is 13.1. The van der Waals surface area contributed by atoms with Gasteiger partial charge in [0.25, 0.3) is 0 Å². The van der Waals surface area contributed by atoms with E-state index in [1.165, 1.54) is 25.7 Å². The largest absolute Gasteiger partial charge is 0.450 e. The molecule has 0 spiro atoms. The van der Waals surface area contributed by atoms with Crippen molar-refractivity contribution in [3.05, 3.63) is 0 Å². The molecule has 0 aliphatic carbocycles. The quantitative estimate of drug-likeness (QED) is 0.743. The second-order valence-corrected chi connectivity index (χ2v) is 5.63. The van der Waals surface area contributed by atoms with Crippen molar-refractivity contribution in [1.29, 1.82) is 0 Å². The van der Waals surface area contributed by atoms with Gasteiger partial charge in [-0.2, -0.15) is 0 Å². The average molecular weight is 270 g/mol. The molecule has 0 aromatic carbocycles. The summed E-state index contributed by atoms with van der Waals surface area (Å²) in [5, 5.41) is 0. The highest BCUT2D eigenvalue weighted by molar-refractivity contribution is 5.67. The summed E-state index contributed by atoms with van der Waals surface area (Å²) in [4.78, 5) is 16.1. The zero-order chi connectivity index (χ0) is 14.3. The minimum atomic E-state index is -0.158. The first-order valence-corrected chi connectivity index (χ1v) is 7.74. The highest BCUT2D eigenvalue weighted by atomic mass is 16.6. The third-order valence-electron chi connectivity index (χ3n) is 4.40. The first-order chi connectivity index (χ1) is 9.07. The topological polar surface area (TPSA) is 32.8 Å². The van der Waals surface area contributed by atoms with Gasteiger partial charge in [-0.1, -0.05) is 26.7 Å². The smallest absolute Gasteiger partial charge is 0.409 e. The molecular formula is C15H30N2O2. The van der Waals surface area contributed by atoms with E-state index in [1.807, 2.05) is 11.8 Å². The molecule has 1 atom stereocenters. The second kappa shape index (κ2) is 7.73. The predicted octanol–water partition coefficient (Wildman–Crippen LogP) is 3.12. The van der Waals surface area contributed by atoms with E-state index in [9.17, 15) is 4.79 Å². The van der Waals surface area contributed by atoms with E-state index in [2.05, 4.69) is 25.7 Å². The fourth-order valence-electron chi connectivity index (χ4n) is 2.76. The van der Waals surface area contributed by atoms with Crippen molar-refractivity contribution in [2.24, 2.45) is 0 Å². The van der Waals surface area contributed by atoms with E-state index in [-0.39, 0.29) is 11.6 Å². The number of hydrogen-bond donors (Lipinski definition) is 0. The molecule has 1 amide bonds. The highest BCUT2D eigenvalue weighted by Crippen LogP contribution is 2.27. The van der Waals surface area contributed by atoms with Gasteiger partial charge in [-0.25, -0.2) is 4.79 Å². The van der Waals surface area contributed by atoms with Crippen molar-refractivity contribution in [2.75, 3.05) is 32.8 Å². The van der Waals surface area contributed by atoms with Crippen LogP contribution in [0, 0.1) is 0 Å². The van der Waals surface area contributed by atoms with E-state index >= 15 is 0 Å². The van der Waals surface area contributed by atoms with Gasteiger partial charge in [0.05, 0.1) is 6.61 Å². The van der Waals surface area contributed by atoms with Gasteiger partial charge in [-0.05, 0) is 26.7 Å². The number of hydrogen-bond acceptors (Lipinski definition) is 3. The molecule has 19 heavy (non-hydrogen) atoms. The first kappa shape index (κ1) is 16.3. The fraction of sp³-hybridized carbons (Fsp3) is 0.933. The van der Waals surface area contributed by atoms with Gasteiger partial charge in [0.1, 0.15) is 0 Å². The van der Waals surface area contributed by atoms with Crippen LogP contribution in [0.2, 0.25) is 0 Å². The monoisotopic (exact) mass is 270 g/mol. The van der Waals surface area contributed by atoms with E-state index in [0.29, 0.717) is 6.61 Å². The minimum Gasteiger partial charge on any atom is -0.450 e. The molecule has 1 heterocycles. The second-order valence-electron chi connectivity index (χ2n) is 5.63. The third kappa shape index (κ3) is 4.37. The SMILES string of the molecule is CCCCC(C)(CC)N1CCN(C(=O)OCC)CC1. The van der Waals surface area contributed by atoms with Gasteiger partial charge in [0, 0.05) is 31.7 Å². The molecule has 1 unspecified atom stereocenters. The highest BCUT2D eigenvalue weighted by Gasteiger charge is 2.33. The fourth-order valence-corrected chi connectivity index (χ4v) is 2.76. The van der Waals surface area contributed by atoms with Gasteiger partial charge in [-0.3, -0.25) is 4.90 Å². The molecule has 1 aliphatic heterocycles. The van der Waals surface area contributed by atoms with Crippen LogP contribution in [0.5, 0.6) is 0 Å². The lowest BCUT2D eigenvalue weighted by molar-refractivity contribution is 0.0267. The van der Waals surface area contributed by atoms with E-state index in [4.69, 9.17) is 4.74 Å². The summed E-state index contributed by atoms with van der Waals surface area (Å²) < 4.78 is 5.06. The Morgan fingerprint density at radius 2 is 1.79 bits per heavy atom. The summed E-state index contributed by atoms with van der Waals surface area (Å²) in [5.74, 6) is 0. The molecule has 4 heteroatoms. The molecule has 1 fully saturated rings. The Morgan fingerprint density at radius 1 is 1.16 bits per heavy atom. The lowest BCUT2D eigenvalue weighted by atomic mass is 9.89. The van der Waals surface area contributed by atoms with Gasteiger partial charge in [0.2, 0.25) is 0 Å². The molecule has 112 valence electrons. The van der Waals surface area contributed by atoms with Crippen molar-refractivity contribution in [3.63, 3.8) is 0 Å². The van der Waals surface area contributed by atoms with Gasteiger partial charge < -0.3 is 9.64 Å². The standard InChI is InChI=1S/C15H30N2O2/c1-5-8-9-15(4,6-2)17-12-10-16(11-13-17)14(18)19-7-3/h5-13H2,1-4H3. The molecule has 4 nitrogen and oxygen atoms in total. The molecule has 0 N–H and O–H groups in total. The Morgan fingerprint density at radius 3 is 2.26 bits per heavy atom. The van der Waals surface area contributed by atoms with Gasteiger partial charge >= 0.3 is 6.09 Å². The molecule has 0 aromatic rings. The summed E-state index contributed by atoms with van der Waals surface area (Å²) in [7, 11) is 0. The number of nitrogens with zero attached hydrogens (tertiary/aromatic N) is 2. The molecule has 1 rings (SSSR count).